The lowest BCUT2D eigenvalue weighted by molar-refractivity contribution is 0.100. The number of pyridine rings is 1. The van der Waals surface area contributed by atoms with Gasteiger partial charge in [-0.1, -0.05) is 23.7 Å². The van der Waals surface area contributed by atoms with Gasteiger partial charge in [0.2, 0.25) is 10.0 Å². The Bertz CT molecular complexity index is 1130. The molecule has 9 heteroatoms. The van der Waals surface area contributed by atoms with Gasteiger partial charge >= 0.3 is 0 Å². The van der Waals surface area contributed by atoms with Crippen molar-refractivity contribution in [3.63, 3.8) is 0 Å². The first-order chi connectivity index (χ1) is 12.7. The number of primary amides is 1. The van der Waals surface area contributed by atoms with E-state index in [1.165, 1.54) is 18.3 Å². The standard InChI is InChI=1S/C18H15ClN4O3S/c19-12-3-6-16(23-9-12)11-7-14(17(20)15(8-11)18(21)24)10-1-4-13(5-2-10)27(22,25)26/h1-9H,20H2,(H2,21,24)(H2,22,25,26). The van der Waals surface area contributed by atoms with Crippen LogP contribution in [0.2, 0.25) is 5.02 Å². The fraction of sp³-hybridized carbons (Fsp3) is 0. The number of aromatic nitrogens is 1. The monoisotopic (exact) mass is 402 g/mol. The number of nitrogens with zero attached hydrogens (tertiary/aromatic N) is 1. The van der Waals surface area contributed by atoms with Crippen molar-refractivity contribution in [1.82, 2.24) is 4.98 Å². The normalized spacial score (nSPS) is 11.3. The summed E-state index contributed by atoms with van der Waals surface area (Å²) in [5, 5.41) is 5.59. The first kappa shape index (κ1) is 18.8. The Morgan fingerprint density at radius 1 is 1.00 bits per heavy atom. The second-order valence-corrected chi connectivity index (χ2v) is 7.78. The number of nitrogen functional groups attached to an aromatic ring is 1. The highest BCUT2D eigenvalue weighted by molar-refractivity contribution is 7.89. The third-order valence-electron chi connectivity index (χ3n) is 3.96. The molecule has 0 saturated carbocycles. The number of sulfonamides is 1. The van der Waals surface area contributed by atoms with Crippen LogP contribution in [0, 0.1) is 0 Å². The van der Waals surface area contributed by atoms with Gasteiger partial charge < -0.3 is 11.5 Å². The van der Waals surface area contributed by atoms with Crippen molar-refractivity contribution in [2.75, 3.05) is 5.73 Å². The SMILES string of the molecule is NC(=O)c1cc(-c2ccc(Cl)cn2)cc(-c2ccc(S(N)(=O)=O)cc2)c1N. The van der Waals surface area contributed by atoms with Gasteiger partial charge in [-0.3, -0.25) is 9.78 Å². The molecule has 3 aromatic rings. The third-order valence-corrected chi connectivity index (χ3v) is 5.12. The fourth-order valence-electron chi connectivity index (χ4n) is 2.61. The van der Waals surface area contributed by atoms with Crippen molar-refractivity contribution in [3.8, 4) is 22.4 Å². The fourth-order valence-corrected chi connectivity index (χ4v) is 3.24. The van der Waals surface area contributed by atoms with E-state index in [1.54, 1.807) is 36.4 Å². The largest absolute Gasteiger partial charge is 0.398 e. The Hall–Kier alpha value is -2.94. The maximum absolute atomic E-state index is 11.8. The van der Waals surface area contributed by atoms with Crippen molar-refractivity contribution in [3.05, 3.63) is 65.3 Å². The van der Waals surface area contributed by atoms with Crippen molar-refractivity contribution in [1.29, 1.82) is 0 Å². The summed E-state index contributed by atoms with van der Waals surface area (Å²) in [5.74, 6) is -0.689. The summed E-state index contributed by atoms with van der Waals surface area (Å²) in [6.07, 6.45) is 1.48. The molecule has 1 heterocycles. The van der Waals surface area contributed by atoms with E-state index >= 15 is 0 Å². The molecule has 0 unspecified atom stereocenters. The number of rotatable bonds is 4. The van der Waals surface area contributed by atoms with E-state index in [4.69, 9.17) is 28.2 Å². The maximum Gasteiger partial charge on any atom is 0.250 e. The highest BCUT2D eigenvalue weighted by Crippen LogP contribution is 2.34. The molecule has 27 heavy (non-hydrogen) atoms. The van der Waals surface area contributed by atoms with Crippen LogP contribution in [0.15, 0.2) is 59.6 Å². The Balaban J connectivity index is 2.19. The van der Waals surface area contributed by atoms with Gasteiger partial charge in [0, 0.05) is 17.3 Å². The van der Waals surface area contributed by atoms with Gasteiger partial charge in [0.15, 0.2) is 0 Å². The molecule has 3 rings (SSSR count). The molecule has 0 fully saturated rings. The molecule has 1 aromatic heterocycles. The van der Waals surface area contributed by atoms with Crippen LogP contribution in [0.25, 0.3) is 22.4 Å². The summed E-state index contributed by atoms with van der Waals surface area (Å²) < 4.78 is 22.9. The predicted octanol–water partition coefficient (Wildman–Crippen LogP) is 2.40. The highest BCUT2D eigenvalue weighted by Gasteiger charge is 2.16. The maximum atomic E-state index is 11.8. The number of nitrogens with two attached hydrogens (primary N) is 3. The Morgan fingerprint density at radius 2 is 1.67 bits per heavy atom. The van der Waals surface area contributed by atoms with Crippen LogP contribution in [0.1, 0.15) is 10.4 Å². The molecule has 0 aliphatic carbocycles. The first-order valence-corrected chi connectivity index (χ1v) is 9.58. The average Bonchev–Trinajstić information content (AvgIpc) is 2.62. The summed E-state index contributed by atoms with van der Waals surface area (Å²) in [4.78, 5) is 16.0. The minimum Gasteiger partial charge on any atom is -0.398 e. The number of carbonyl (C=O) groups is 1. The Morgan fingerprint density at radius 3 is 2.19 bits per heavy atom. The van der Waals surface area contributed by atoms with Crippen molar-refractivity contribution in [2.45, 2.75) is 4.90 Å². The molecule has 138 valence electrons. The van der Waals surface area contributed by atoms with Gasteiger partial charge in [-0.15, -0.1) is 0 Å². The lowest BCUT2D eigenvalue weighted by Gasteiger charge is -2.13. The smallest absolute Gasteiger partial charge is 0.250 e. The Kier molecular flexibility index (Phi) is 4.88. The summed E-state index contributed by atoms with van der Waals surface area (Å²) in [7, 11) is -3.82. The van der Waals surface area contributed by atoms with E-state index < -0.39 is 15.9 Å². The minimum atomic E-state index is -3.82. The molecule has 0 aliphatic rings. The van der Waals surface area contributed by atoms with Crippen LogP contribution in [0.3, 0.4) is 0 Å². The molecule has 2 aromatic carbocycles. The molecule has 0 aliphatic heterocycles. The summed E-state index contributed by atoms with van der Waals surface area (Å²) >= 11 is 5.87. The molecule has 1 amide bonds. The molecule has 0 spiro atoms. The van der Waals surface area contributed by atoms with Gasteiger partial charge in [0.25, 0.3) is 5.91 Å². The number of hydrogen-bond acceptors (Lipinski definition) is 5. The van der Waals surface area contributed by atoms with E-state index in [-0.39, 0.29) is 16.1 Å². The van der Waals surface area contributed by atoms with E-state index in [0.29, 0.717) is 27.4 Å². The molecule has 0 radical (unpaired) electrons. The first-order valence-electron chi connectivity index (χ1n) is 7.65. The lowest BCUT2D eigenvalue weighted by atomic mass is 9.95. The minimum absolute atomic E-state index is 0.0320. The predicted molar refractivity (Wildman–Crippen MR) is 104 cm³/mol. The number of benzene rings is 2. The van der Waals surface area contributed by atoms with E-state index in [0.717, 1.165) is 0 Å². The summed E-state index contributed by atoms with van der Waals surface area (Å²) in [6.45, 7) is 0. The number of anilines is 1. The second-order valence-electron chi connectivity index (χ2n) is 5.78. The van der Waals surface area contributed by atoms with Crippen molar-refractivity contribution in [2.24, 2.45) is 10.9 Å². The molecule has 0 bridgehead atoms. The number of hydrogen-bond donors (Lipinski definition) is 3. The zero-order chi connectivity index (χ0) is 19.8. The number of carbonyl (C=O) groups excluding carboxylic acids is 1. The average molecular weight is 403 g/mol. The van der Waals surface area contributed by atoms with Crippen LogP contribution < -0.4 is 16.6 Å². The van der Waals surface area contributed by atoms with Crippen LogP contribution in [0.4, 0.5) is 5.69 Å². The van der Waals surface area contributed by atoms with E-state index in [1.807, 2.05) is 0 Å². The third kappa shape index (κ3) is 3.92. The summed E-state index contributed by atoms with van der Waals surface area (Å²) in [5.41, 5.74) is 14.2. The molecule has 6 N–H and O–H groups in total. The number of amides is 1. The van der Waals surface area contributed by atoms with Crippen LogP contribution >= 0.6 is 11.6 Å². The zero-order valence-corrected chi connectivity index (χ0v) is 15.5. The number of halogens is 1. The van der Waals surface area contributed by atoms with E-state index in [9.17, 15) is 13.2 Å². The summed E-state index contributed by atoms with van der Waals surface area (Å²) in [6, 6.07) is 12.5. The van der Waals surface area contributed by atoms with E-state index in [2.05, 4.69) is 4.98 Å². The van der Waals surface area contributed by atoms with Crippen molar-refractivity contribution >= 4 is 33.2 Å². The highest BCUT2D eigenvalue weighted by atomic mass is 35.5. The van der Waals surface area contributed by atoms with Gasteiger partial charge in [0.05, 0.1) is 26.9 Å². The topological polar surface area (TPSA) is 142 Å². The molecular weight excluding hydrogens is 388 g/mol. The van der Waals surface area contributed by atoms with Gasteiger partial charge in [-0.05, 0) is 42.0 Å². The molecular formula is C18H15ClN4O3S. The molecule has 0 atom stereocenters. The lowest BCUT2D eigenvalue weighted by Crippen LogP contribution is -2.14. The van der Waals surface area contributed by atoms with Crippen molar-refractivity contribution < 1.29 is 13.2 Å². The van der Waals surface area contributed by atoms with Gasteiger partial charge in [-0.2, -0.15) is 0 Å². The second kappa shape index (κ2) is 6.99. The zero-order valence-electron chi connectivity index (χ0n) is 13.9. The van der Waals surface area contributed by atoms with Crippen LogP contribution in [-0.2, 0) is 10.0 Å². The molecule has 7 nitrogen and oxygen atoms in total. The van der Waals surface area contributed by atoms with Crippen LogP contribution in [0.5, 0.6) is 0 Å². The van der Waals surface area contributed by atoms with Gasteiger partial charge in [-0.25, -0.2) is 13.6 Å². The molecule has 0 saturated heterocycles. The number of primary sulfonamides is 1. The van der Waals surface area contributed by atoms with Crippen LogP contribution in [-0.4, -0.2) is 19.3 Å². The van der Waals surface area contributed by atoms with Gasteiger partial charge in [0.1, 0.15) is 0 Å². The quantitative estimate of drug-likeness (QED) is 0.574. The Labute approximate surface area is 160 Å².